The highest BCUT2D eigenvalue weighted by Gasteiger charge is 2.29. The Kier molecular flexibility index (Phi) is 4.43. The van der Waals surface area contributed by atoms with Crippen LogP contribution < -0.4 is 5.73 Å². The summed E-state index contributed by atoms with van der Waals surface area (Å²) < 4.78 is 7.53. The van der Waals surface area contributed by atoms with Crippen LogP contribution in [-0.4, -0.2) is 39.4 Å². The minimum Gasteiger partial charge on any atom is -0.461 e. The molecule has 0 aliphatic carbocycles. The number of para-hydroxylation sites is 1. The minimum absolute atomic E-state index is 0.0346. The van der Waals surface area contributed by atoms with Gasteiger partial charge >= 0.3 is 0 Å². The molecule has 7 nitrogen and oxygen atoms in total. The van der Waals surface area contributed by atoms with Gasteiger partial charge in [-0.25, -0.2) is 4.98 Å². The number of aromatic nitrogens is 2. The third-order valence-electron chi connectivity index (χ3n) is 5.05. The third-order valence-corrected chi connectivity index (χ3v) is 5.05. The molecule has 1 aromatic carbocycles. The predicted molar refractivity (Wildman–Crippen MR) is 100 cm³/mol. The van der Waals surface area contributed by atoms with E-state index < -0.39 is 5.91 Å². The number of likely N-dealkylation sites (tertiary alicyclic amines) is 1. The summed E-state index contributed by atoms with van der Waals surface area (Å²) in [5.74, 6) is 1.23. The first kappa shape index (κ1) is 17.3. The van der Waals surface area contributed by atoms with Gasteiger partial charge in [-0.05, 0) is 31.9 Å². The van der Waals surface area contributed by atoms with Gasteiger partial charge in [0.1, 0.15) is 23.7 Å². The Morgan fingerprint density at radius 2 is 2.22 bits per heavy atom. The summed E-state index contributed by atoms with van der Waals surface area (Å²) in [4.78, 5) is 30.7. The lowest BCUT2D eigenvalue weighted by Crippen LogP contribution is -2.40. The van der Waals surface area contributed by atoms with Crippen LogP contribution in [0.15, 0.2) is 41.1 Å². The Labute approximate surface area is 156 Å². The third kappa shape index (κ3) is 3.32. The molecule has 0 unspecified atom stereocenters. The van der Waals surface area contributed by atoms with Gasteiger partial charge in [0.05, 0.1) is 5.56 Å². The average Bonchev–Trinajstić information content (AvgIpc) is 3.25. The number of fused-ring (bicyclic) bond motifs is 1. The Bertz CT molecular complexity index is 1000. The lowest BCUT2D eigenvalue weighted by atomic mass is 9.96. The summed E-state index contributed by atoms with van der Waals surface area (Å²) in [5.41, 5.74) is 6.55. The second-order valence-electron chi connectivity index (χ2n) is 7.05. The first-order valence-electron chi connectivity index (χ1n) is 9.10. The van der Waals surface area contributed by atoms with Gasteiger partial charge in [-0.3, -0.25) is 9.59 Å². The van der Waals surface area contributed by atoms with E-state index in [1.807, 2.05) is 36.1 Å². The Morgan fingerprint density at radius 3 is 3.04 bits per heavy atom. The molecule has 2 aromatic heterocycles. The van der Waals surface area contributed by atoms with Crippen LogP contribution in [0.1, 0.15) is 40.7 Å². The Morgan fingerprint density at radius 1 is 1.37 bits per heavy atom. The minimum atomic E-state index is -0.405. The van der Waals surface area contributed by atoms with Crippen LogP contribution in [0.4, 0.5) is 0 Å². The van der Waals surface area contributed by atoms with Gasteiger partial charge in [0.15, 0.2) is 0 Å². The zero-order valence-corrected chi connectivity index (χ0v) is 15.2. The van der Waals surface area contributed by atoms with Crippen molar-refractivity contribution in [3.05, 3.63) is 53.8 Å². The summed E-state index contributed by atoms with van der Waals surface area (Å²) >= 11 is 0. The molecule has 27 heavy (non-hydrogen) atoms. The fourth-order valence-electron chi connectivity index (χ4n) is 3.89. The summed E-state index contributed by atoms with van der Waals surface area (Å²) in [6.07, 6.45) is 5.23. The van der Waals surface area contributed by atoms with Gasteiger partial charge in [-0.15, -0.1) is 0 Å². The van der Waals surface area contributed by atoms with Crippen LogP contribution in [0.25, 0.3) is 11.0 Å². The summed E-state index contributed by atoms with van der Waals surface area (Å²) in [6, 6.07) is 7.57. The Hall–Kier alpha value is -3.09. The highest BCUT2D eigenvalue weighted by atomic mass is 16.3. The smallest absolute Gasteiger partial charge is 0.257 e. The van der Waals surface area contributed by atoms with E-state index in [4.69, 9.17) is 10.2 Å². The fourth-order valence-corrected chi connectivity index (χ4v) is 3.89. The van der Waals surface area contributed by atoms with E-state index >= 15 is 0 Å². The van der Waals surface area contributed by atoms with Crippen molar-refractivity contribution in [3.63, 3.8) is 0 Å². The molecule has 0 spiro atoms. The van der Waals surface area contributed by atoms with Crippen LogP contribution in [0, 0.1) is 6.92 Å². The first-order valence-corrected chi connectivity index (χ1v) is 9.10. The van der Waals surface area contributed by atoms with Gasteiger partial charge < -0.3 is 19.6 Å². The number of hydrogen-bond donors (Lipinski definition) is 1. The standard InChI is InChI=1S/C20H22N4O3/c1-13-10-14-4-2-6-16(18(14)27-13)20(26)24-8-3-5-15(11-24)19-22-7-9-23(19)12-17(21)25/h2,4,6-7,9-10,15H,3,5,8,11-12H2,1H3,(H2,21,25)/t15-/m1/s1. The number of nitrogens with zero attached hydrogens (tertiary/aromatic N) is 3. The van der Waals surface area contributed by atoms with Crippen LogP contribution in [0.5, 0.6) is 0 Å². The SMILES string of the molecule is Cc1cc2cccc(C(=O)N3CCC[C@@H](c4nccn4CC(N)=O)C3)c2o1. The number of rotatable bonds is 4. The Balaban J connectivity index is 1.59. The number of hydrogen-bond acceptors (Lipinski definition) is 4. The van der Waals surface area contributed by atoms with Crippen molar-refractivity contribution in [2.45, 2.75) is 32.2 Å². The van der Waals surface area contributed by atoms with E-state index in [-0.39, 0.29) is 18.4 Å². The zero-order chi connectivity index (χ0) is 19.0. The van der Waals surface area contributed by atoms with Gasteiger partial charge in [-0.1, -0.05) is 12.1 Å². The molecule has 1 aliphatic heterocycles. The van der Waals surface area contributed by atoms with Crippen molar-refractivity contribution in [1.29, 1.82) is 0 Å². The molecule has 4 rings (SSSR count). The maximum absolute atomic E-state index is 13.2. The van der Waals surface area contributed by atoms with Crippen LogP contribution in [-0.2, 0) is 11.3 Å². The van der Waals surface area contributed by atoms with Gasteiger partial charge in [0.25, 0.3) is 5.91 Å². The van der Waals surface area contributed by atoms with Crippen molar-refractivity contribution in [2.75, 3.05) is 13.1 Å². The largest absolute Gasteiger partial charge is 0.461 e. The molecule has 0 bridgehead atoms. The molecule has 7 heteroatoms. The van der Waals surface area contributed by atoms with Gasteiger partial charge in [0, 0.05) is 36.8 Å². The van der Waals surface area contributed by atoms with E-state index in [0.29, 0.717) is 24.2 Å². The maximum atomic E-state index is 13.2. The number of benzene rings is 1. The number of nitrogens with two attached hydrogens (primary N) is 1. The van der Waals surface area contributed by atoms with E-state index in [0.717, 1.165) is 29.8 Å². The van der Waals surface area contributed by atoms with Crippen LogP contribution in [0.3, 0.4) is 0 Å². The number of imidazole rings is 1. The van der Waals surface area contributed by atoms with E-state index in [1.165, 1.54) is 0 Å². The second-order valence-corrected chi connectivity index (χ2v) is 7.05. The molecule has 2 amide bonds. The summed E-state index contributed by atoms with van der Waals surface area (Å²) in [6.45, 7) is 3.24. The molecule has 3 aromatic rings. The molecule has 3 heterocycles. The van der Waals surface area contributed by atoms with Crippen molar-refractivity contribution < 1.29 is 14.0 Å². The fraction of sp³-hybridized carbons (Fsp3) is 0.350. The molecule has 0 radical (unpaired) electrons. The molecule has 0 saturated carbocycles. The lowest BCUT2D eigenvalue weighted by Gasteiger charge is -2.32. The van der Waals surface area contributed by atoms with Crippen LogP contribution >= 0.6 is 0 Å². The quantitative estimate of drug-likeness (QED) is 0.767. The number of carbonyl (C=O) groups is 2. The molecule has 1 saturated heterocycles. The van der Waals surface area contributed by atoms with E-state index in [1.54, 1.807) is 17.0 Å². The summed E-state index contributed by atoms with van der Waals surface area (Å²) in [5, 5.41) is 0.934. The van der Waals surface area contributed by atoms with E-state index in [2.05, 4.69) is 4.98 Å². The van der Waals surface area contributed by atoms with Crippen LogP contribution in [0.2, 0.25) is 0 Å². The molecule has 1 aliphatic rings. The molecular weight excluding hydrogens is 344 g/mol. The lowest BCUT2D eigenvalue weighted by molar-refractivity contribution is -0.118. The summed E-state index contributed by atoms with van der Waals surface area (Å²) in [7, 11) is 0. The van der Waals surface area contributed by atoms with Gasteiger partial charge in [0.2, 0.25) is 5.91 Å². The molecule has 2 N–H and O–H groups in total. The molecule has 1 atom stereocenters. The molecule has 1 fully saturated rings. The van der Waals surface area contributed by atoms with Crippen molar-refractivity contribution >= 4 is 22.8 Å². The zero-order valence-electron chi connectivity index (χ0n) is 15.2. The number of carbonyl (C=O) groups excluding carboxylic acids is 2. The second kappa shape index (κ2) is 6.90. The topological polar surface area (TPSA) is 94.4 Å². The van der Waals surface area contributed by atoms with Crippen molar-refractivity contribution in [1.82, 2.24) is 14.5 Å². The van der Waals surface area contributed by atoms with E-state index in [9.17, 15) is 9.59 Å². The normalized spacial score (nSPS) is 17.4. The van der Waals surface area contributed by atoms with Crippen molar-refractivity contribution in [2.24, 2.45) is 5.73 Å². The predicted octanol–water partition coefficient (Wildman–Crippen LogP) is 2.44. The number of primary amides is 1. The highest BCUT2D eigenvalue weighted by Crippen LogP contribution is 2.29. The number of piperidine rings is 1. The number of furan rings is 1. The van der Waals surface area contributed by atoms with Crippen molar-refractivity contribution in [3.8, 4) is 0 Å². The van der Waals surface area contributed by atoms with Gasteiger partial charge in [-0.2, -0.15) is 0 Å². The average molecular weight is 366 g/mol. The monoisotopic (exact) mass is 366 g/mol. The number of aryl methyl sites for hydroxylation is 1. The highest BCUT2D eigenvalue weighted by molar-refractivity contribution is 6.05. The first-order chi connectivity index (χ1) is 13.0. The number of amides is 2. The molecular formula is C20H22N4O3. The maximum Gasteiger partial charge on any atom is 0.257 e. The molecule has 140 valence electrons.